The summed E-state index contributed by atoms with van der Waals surface area (Å²) in [6, 6.07) is 0. The first-order valence-electron chi connectivity index (χ1n) is 5.38. The van der Waals surface area contributed by atoms with Crippen LogP contribution in [-0.2, 0) is 9.59 Å². The third-order valence-electron chi connectivity index (χ3n) is 2.51. The number of hydrogen-bond donors (Lipinski definition) is 0. The van der Waals surface area contributed by atoms with Crippen LogP contribution >= 0.6 is 0 Å². The van der Waals surface area contributed by atoms with Crippen LogP contribution in [-0.4, -0.2) is 23.0 Å². The van der Waals surface area contributed by atoms with E-state index in [9.17, 15) is 19.7 Å². The van der Waals surface area contributed by atoms with Crippen molar-refractivity contribution in [1.29, 1.82) is 0 Å². The summed E-state index contributed by atoms with van der Waals surface area (Å²) < 4.78 is 0. The van der Waals surface area contributed by atoms with Crippen molar-refractivity contribution in [2.75, 3.05) is 6.54 Å². The molecule has 0 saturated carbocycles. The molecule has 0 aliphatic heterocycles. The van der Waals surface area contributed by atoms with Gasteiger partial charge in [0.1, 0.15) is 11.6 Å². The lowest BCUT2D eigenvalue weighted by molar-refractivity contribution is -0.489. The third-order valence-corrected chi connectivity index (χ3v) is 2.51. The zero-order chi connectivity index (χ0) is 12.9. The zero-order valence-electron chi connectivity index (χ0n) is 10.2. The molecule has 0 saturated heterocycles. The Morgan fingerprint density at radius 1 is 1.19 bits per heavy atom. The van der Waals surface area contributed by atoms with Crippen molar-refractivity contribution in [3.8, 4) is 0 Å². The minimum atomic E-state index is -0.826. The van der Waals surface area contributed by atoms with Gasteiger partial charge in [0.15, 0.2) is 0 Å². The molecule has 92 valence electrons. The van der Waals surface area contributed by atoms with Crippen LogP contribution in [0.5, 0.6) is 0 Å². The molecule has 0 rings (SSSR count). The van der Waals surface area contributed by atoms with Crippen LogP contribution in [0, 0.1) is 27.9 Å². The van der Waals surface area contributed by atoms with E-state index in [1.54, 1.807) is 0 Å². The summed E-state index contributed by atoms with van der Waals surface area (Å²) in [7, 11) is 0. The van der Waals surface area contributed by atoms with Crippen molar-refractivity contribution in [1.82, 2.24) is 0 Å². The van der Waals surface area contributed by atoms with Gasteiger partial charge >= 0.3 is 0 Å². The normalized spacial score (nSPS) is 12.9. The van der Waals surface area contributed by atoms with E-state index in [1.807, 2.05) is 13.8 Å². The van der Waals surface area contributed by atoms with Gasteiger partial charge in [0.25, 0.3) is 0 Å². The largest absolute Gasteiger partial charge is 0.299 e. The van der Waals surface area contributed by atoms with Gasteiger partial charge < -0.3 is 0 Å². The molecular formula is C11H19NO4. The average molecular weight is 229 g/mol. The molecule has 0 radical (unpaired) electrons. The van der Waals surface area contributed by atoms with E-state index in [1.165, 1.54) is 13.8 Å². The first-order valence-corrected chi connectivity index (χ1v) is 5.38. The van der Waals surface area contributed by atoms with E-state index < -0.39 is 16.8 Å². The molecule has 0 aromatic heterocycles. The van der Waals surface area contributed by atoms with Crippen molar-refractivity contribution in [3.63, 3.8) is 0 Å². The maximum atomic E-state index is 11.3. The number of nitro groups is 1. The third kappa shape index (κ3) is 5.00. The fraction of sp³-hybridized carbons (Fsp3) is 0.818. The Morgan fingerprint density at radius 3 is 1.88 bits per heavy atom. The molecule has 0 aromatic carbocycles. The SMILES string of the molecule is CC(=O)C(C(C)=O)C(CC(C)C)C[N+](=O)[O-]. The van der Waals surface area contributed by atoms with Crippen LogP contribution in [0.1, 0.15) is 34.1 Å². The molecule has 1 unspecified atom stereocenters. The zero-order valence-corrected chi connectivity index (χ0v) is 10.2. The van der Waals surface area contributed by atoms with Crippen molar-refractivity contribution in [2.24, 2.45) is 17.8 Å². The predicted molar refractivity (Wildman–Crippen MR) is 59.7 cm³/mol. The summed E-state index contributed by atoms with van der Waals surface area (Å²) in [4.78, 5) is 32.8. The molecule has 0 aromatic rings. The Balaban J connectivity index is 4.87. The molecule has 0 fully saturated rings. The molecule has 0 aliphatic rings. The van der Waals surface area contributed by atoms with E-state index in [0.717, 1.165) is 0 Å². The van der Waals surface area contributed by atoms with Gasteiger partial charge in [-0.3, -0.25) is 19.7 Å². The quantitative estimate of drug-likeness (QED) is 0.378. The van der Waals surface area contributed by atoms with Crippen molar-refractivity contribution in [2.45, 2.75) is 34.1 Å². The second kappa shape index (κ2) is 6.35. The van der Waals surface area contributed by atoms with E-state index in [4.69, 9.17) is 0 Å². The van der Waals surface area contributed by atoms with E-state index in [-0.39, 0.29) is 24.0 Å². The molecule has 16 heavy (non-hydrogen) atoms. The van der Waals surface area contributed by atoms with Gasteiger partial charge in [-0.25, -0.2) is 0 Å². The van der Waals surface area contributed by atoms with Crippen molar-refractivity contribution < 1.29 is 14.5 Å². The topological polar surface area (TPSA) is 77.3 Å². The van der Waals surface area contributed by atoms with Gasteiger partial charge in [0.2, 0.25) is 6.54 Å². The van der Waals surface area contributed by atoms with Gasteiger partial charge in [-0.2, -0.15) is 0 Å². The Bertz CT molecular complexity index is 272. The fourth-order valence-corrected chi connectivity index (χ4v) is 2.06. The van der Waals surface area contributed by atoms with Crippen LogP contribution in [0.2, 0.25) is 0 Å². The van der Waals surface area contributed by atoms with Crippen molar-refractivity contribution in [3.05, 3.63) is 10.1 Å². The molecule has 5 heteroatoms. The molecule has 5 nitrogen and oxygen atoms in total. The number of rotatable bonds is 7. The molecule has 0 bridgehead atoms. The maximum absolute atomic E-state index is 11.3. The summed E-state index contributed by atoms with van der Waals surface area (Å²) in [5.74, 6) is -1.64. The lowest BCUT2D eigenvalue weighted by Gasteiger charge is -2.21. The molecule has 0 amide bonds. The van der Waals surface area contributed by atoms with Gasteiger partial charge in [0.05, 0.1) is 5.92 Å². The highest BCUT2D eigenvalue weighted by atomic mass is 16.6. The predicted octanol–water partition coefficient (Wildman–Crippen LogP) is 1.72. The lowest BCUT2D eigenvalue weighted by Crippen LogP contribution is -2.33. The molecule has 0 spiro atoms. The highest BCUT2D eigenvalue weighted by Gasteiger charge is 2.33. The smallest absolute Gasteiger partial charge is 0.207 e. The second-order valence-electron chi connectivity index (χ2n) is 4.60. The highest BCUT2D eigenvalue weighted by molar-refractivity contribution is 6.00. The number of nitrogens with zero attached hydrogens (tertiary/aromatic N) is 1. The van der Waals surface area contributed by atoms with Gasteiger partial charge in [-0.1, -0.05) is 13.8 Å². The number of Topliss-reactive ketones (excluding diaryl/α,β-unsaturated/α-hetero) is 2. The number of carbonyl (C=O) groups is 2. The van der Waals surface area contributed by atoms with Crippen molar-refractivity contribution >= 4 is 11.6 Å². The summed E-state index contributed by atoms with van der Waals surface area (Å²) in [5, 5.41) is 10.5. The monoisotopic (exact) mass is 229 g/mol. The fourth-order valence-electron chi connectivity index (χ4n) is 2.06. The molecule has 0 heterocycles. The van der Waals surface area contributed by atoms with Gasteiger partial charge in [-0.15, -0.1) is 0 Å². The maximum Gasteiger partial charge on any atom is 0.207 e. The number of ketones is 2. The van der Waals surface area contributed by atoms with Crippen LogP contribution in [0.3, 0.4) is 0 Å². The summed E-state index contributed by atoms with van der Waals surface area (Å²) in [6.45, 7) is 6.16. The molecule has 0 aliphatic carbocycles. The van der Waals surface area contributed by atoms with E-state index in [0.29, 0.717) is 6.42 Å². The average Bonchev–Trinajstić information content (AvgIpc) is 1.98. The van der Waals surface area contributed by atoms with E-state index >= 15 is 0 Å². The summed E-state index contributed by atoms with van der Waals surface area (Å²) >= 11 is 0. The molecular weight excluding hydrogens is 210 g/mol. The summed E-state index contributed by atoms with van der Waals surface area (Å²) in [5.41, 5.74) is 0. The van der Waals surface area contributed by atoms with Gasteiger partial charge in [-0.05, 0) is 26.2 Å². The Hall–Kier alpha value is -1.26. The number of hydrogen-bond acceptors (Lipinski definition) is 4. The minimum absolute atomic E-state index is 0.228. The van der Waals surface area contributed by atoms with E-state index in [2.05, 4.69) is 0 Å². The minimum Gasteiger partial charge on any atom is -0.299 e. The molecule has 0 N–H and O–H groups in total. The Morgan fingerprint density at radius 2 is 1.62 bits per heavy atom. The standard InChI is InChI=1S/C11H19NO4/c1-7(2)5-10(6-12(15)16)11(8(3)13)9(4)14/h7,10-11H,5-6H2,1-4H3. The second-order valence-corrected chi connectivity index (χ2v) is 4.60. The molecule has 1 atom stereocenters. The summed E-state index contributed by atoms with van der Waals surface area (Å²) in [6.07, 6.45) is 0.519. The van der Waals surface area contributed by atoms with Crippen LogP contribution in [0.15, 0.2) is 0 Å². The highest BCUT2D eigenvalue weighted by Crippen LogP contribution is 2.23. The van der Waals surface area contributed by atoms with Crippen LogP contribution < -0.4 is 0 Å². The first kappa shape index (κ1) is 14.7. The van der Waals surface area contributed by atoms with Crippen LogP contribution in [0.4, 0.5) is 0 Å². The van der Waals surface area contributed by atoms with Crippen LogP contribution in [0.25, 0.3) is 0 Å². The number of carbonyl (C=O) groups excluding carboxylic acids is 2. The Labute approximate surface area is 95.4 Å². The first-order chi connectivity index (χ1) is 7.25. The Kier molecular flexibility index (Phi) is 5.85. The lowest BCUT2D eigenvalue weighted by atomic mass is 9.81. The van der Waals surface area contributed by atoms with Gasteiger partial charge in [0, 0.05) is 10.8 Å².